The minimum absolute atomic E-state index is 1.16. The number of fused-ring (bicyclic) bond motifs is 6. The van der Waals surface area contributed by atoms with E-state index in [1.54, 1.807) is 0 Å². The van der Waals surface area contributed by atoms with Crippen LogP contribution in [0.4, 0.5) is 0 Å². The summed E-state index contributed by atoms with van der Waals surface area (Å²) in [4.78, 5) is 0. The fraction of sp³-hybridized carbons (Fsp3) is 0. The van der Waals surface area contributed by atoms with Crippen molar-refractivity contribution in [3.05, 3.63) is 218 Å². The summed E-state index contributed by atoms with van der Waals surface area (Å²) < 4.78 is 4.82. The molecule has 0 saturated heterocycles. The highest BCUT2D eigenvalue weighted by Gasteiger charge is 2.16. The Balaban J connectivity index is 1.02. The van der Waals surface area contributed by atoms with Crippen LogP contribution in [0.3, 0.4) is 0 Å². The molecule has 2 heterocycles. The van der Waals surface area contributed by atoms with Gasteiger partial charge in [0.05, 0.1) is 22.1 Å². The van der Waals surface area contributed by atoms with E-state index in [0.29, 0.717) is 0 Å². The van der Waals surface area contributed by atoms with Gasteiger partial charge in [0.15, 0.2) is 0 Å². The van der Waals surface area contributed by atoms with Crippen LogP contribution in [-0.4, -0.2) is 9.13 Å². The smallest absolute Gasteiger partial charge is 0.0547 e. The van der Waals surface area contributed by atoms with E-state index in [-0.39, 0.29) is 0 Å². The maximum atomic E-state index is 2.42. The summed E-state index contributed by atoms with van der Waals surface area (Å²) >= 11 is 0. The highest BCUT2D eigenvalue weighted by molar-refractivity contribution is 6.11. The summed E-state index contributed by atoms with van der Waals surface area (Å²) in [5.74, 6) is 0. The zero-order valence-corrected chi connectivity index (χ0v) is 30.7. The number of nitrogens with zero attached hydrogens (tertiary/aromatic N) is 2. The van der Waals surface area contributed by atoms with E-state index in [0.717, 1.165) is 11.4 Å². The highest BCUT2D eigenvalue weighted by Crippen LogP contribution is 2.39. The molecule has 2 nitrogen and oxygen atoms in total. The molecule has 262 valence electrons. The van der Waals surface area contributed by atoms with E-state index in [2.05, 4.69) is 228 Å². The second-order valence-corrected chi connectivity index (χ2v) is 14.6. The molecule has 0 atom stereocenters. The van der Waals surface area contributed by atoms with Crippen LogP contribution in [0.25, 0.3) is 99.5 Å². The fourth-order valence-corrected chi connectivity index (χ4v) is 8.65. The molecule has 0 bridgehead atoms. The molecular weight excluding hydrogens is 677 g/mol. The largest absolute Gasteiger partial charge is 0.309 e. The summed E-state index contributed by atoms with van der Waals surface area (Å²) in [6.07, 6.45) is 0. The molecule has 0 aliphatic rings. The lowest BCUT2D eigenvalue weighted by Crippen LogP contribution is -1.94. The topological polar surface area (TPSA) is 9.86 Å². The number of hydrogen-bond donors (Lipinski definition) is 0. The van der Waals surface area contributed by atoms with Crippen molar-refractivity contribution < 1.29 is 0 Å². The van der Waals surface area contributed by atoms with Gasteiger partial charge in [0.1, 0.15) is 0 Å². The van der Waals surface area contributed by atoms with Gasteiger partial charge in [-0.1, -0.05) is 158 Å². The van der Waals surface area contributed by atoms with Crippen LogP contribution in [0, 0.1) is 0 Å². The van der Waals surface area contributed by atoms with Crippen molar-refractivity contribution in [1.82, 2.24) is 9.13 Å². The van der Waals surface area contributed by atoms with Crippen molar-refractivity contribution in [2.24, 2.45) is 0 Å². The van der Waals surface area contributed by atoms with Gasteiger partial charge in [0.2, 0.25) is 0 Å². The van der Waals surface area contributed by atoms with Crippen molar-refractivity contribution in [2.75, 3.05) is 0 Å². The van der Waals surface area contributed by atoms with Gasteiger partial charge in [-0.05, 0) is 105 Å². The fourth-order valence-electron chi connectivity index (χ4n) is 8.65. The molecule has 56 heavy (non-hydrogen) atoms. The highest BCUT2D eigenvalue weighted by atomic mass is 15.0. The minimum Gasteiger partial charge on any atom is -0.309 e. The van der Waals surface area contributed by atoms with E-state index in [1.807, 2.05) is 0 Å². The minimum atomic E-state index is 1.16. The first-order chi connectivity index (χ1) is 27.8. The standard InChI is InChI=1S/C54H36N2/c1-3-14-37(15-4-1)41-20-12-22-45(33-41)55-52-27-10-8-25-48(52)50-35-43(29-31-53(50)55)39-18-11-19-40(32-39)44-28-30-49-47-24-7-9-26-51(47)56(54(49)36-44)46-23-13-21-42(34-46)38-16-5-2-6-17-38/h1-36H. The average molecular weight is 713 g/mol. The van der Waals surface area contributed by atoms with E-state index in [1.165, 1.54) is 88.1 Å². The van der Waals surface area contributed by atoms with E-state index < -0.39 is 0 Å². The number of hydrogen-bond acceptors (Lipinski definition) is 0. The first-order valence-corrected chi connectivity index (χ1v) is 19.3. The Morgan fingerprint density at radius 2 is 0.589 bits per heavy atom. The molecule has 0 radical (unpaired) electrons. The van der Waals surface area contributed by atoms with Gasteiger partial charge in [-0.25, -0.2) is 0 Å². The van der Waals surface area contributed by atoms with Crippen LogP contribution in [-0.2, 0) is 0 Å². The van der Waals surface area contributed by atoms with Crippen LogP contribution >= 0.6 is 0 Å². The Hall–Kier alpha value is -7.42. The summed E-state index contributed by atoms with van der Waals surface area (Å²) in [7, 11) is 0. The van der Waals surface area contributed by atoms with Crippen LogP contribution in [0.2, 0.25) is 0 Å². The first-order valence-electron chi connectivity index (χ1n) is 19.3. The number of para-hydroxylation sites is 2. The molecular formula is C54H36N2. The molecule has 11 aromatic rings. The Morgan fingerprint density at radius 1 is 0.196 bits per heavy atom. The molecule has 0 aliphatic heterocycles. The molecule has 0 N–H and O–H groups in total. The van der Waals surface area contributed by atoms with Crippen LogP contribution in [0.1, 0.15) is 0 Å². The van der Waals surface area contributed by atoms with Crippen LogP contribution in [0.5, 0.6) is 0 Å². The number of benzene rings is 9. The lowest BCUT2D eigenvalue weighted by Gasteiger charge is -2.12. The first kappa shape index (κ1) is 32.0. The number of rotatable bonds is 6. The average Bonchev–Trinajstić information content (AvgIpc) is 3.79. The number of aromatic nitrogens is 2. The van der Waals surface area contributed by atoms with E-state index >= 15 is 0 Å². The molecule has 0 amide bonds. The van der Waals surface area contributed by atoms with E-state index in [9.17, 15) is 0 Å². The normalized spacial score (nSPS) is 11.6. The third-order valence-electron chi connectivity index (χ3n) is 11.3. The Bertz CT molecular complexity index is 3240. The second kappa shape index (κ2) is 13.2. The zero-order valence-electron chi connectivity index (χ0n) is 30.7. The van der Waals surface area contributed by atoms with Gasteiger partial charge in [-0.15, -0.1) is 0 Å². The van der Waals surface area contributed by atoms with Gasteiger partial charge in [0, 0.05) is 32.9 Å². The molecule has 11 rings (SSSR count). The second-order valence-electron chi connectivity index (χ2n) is 14.6. The van der Waals surface area contributed by atoms with Crippen molar-refractivity contribution in [1.29, 1.82) is 0 Å². The SMILES string of the molecule is c1ccc(-c2cccc(-n3c4ccccc4c4cc(-c5cccc(-c6ccc7c8ccccc8n(-c8cccc(-c9ccccc9)c8)c7c6)c5)ccc43)c2)cc1. The van der Waals surface area contributed by atoms with Gasteiger partial charge >= 0.3 is 0 Å². The third kappa shape index (κ3) is 5.34. The lowest BCUT2D eigenvalue weighted by atomic mass is 9.97. The Labute approximate surface area is 325 Å². The molecule has 2 aromatic heterocycles. The summed E-state index contributed by atoms with van der Waals surface area (Å²) in [5, 5.41) is 5.01. The summed E-state index contributed by atoms with van der Waals surface area (Å²) in [6, 6.07) is 79.4. The molecule has 2 heteroatoms. The lowest BCUT2D eigenvalue weighted by molar-refractivity contribution is 1.18. The maximum absolute atomic E-state index is 2.42. The third-order valence-corrected chi connectivity index (χ3v) is 11.3. The van der Waals surface area contributed by atoms with Gasteiger partial charge in [-0.3, -0.25) is 0 Å². The molecule has 0 fully saturated rings. The monoisotopic (exact) mass is 712 g/mol. The Morgan fingerprint density at radius 3 is 1.20 bits per heavy atom. The van der Waals surface area contributed by atoms with Crippen molar-refractivity contribution >= 4 is 43.6 Å². The molecule has 9 aromatic carbocycles. The van der Waals surface area contributed by atoms with Crippen molar-refractivity contribution in [3.8, 4) is 55.9 Å². The van der Waals surface area contributed by atoms with Crippen molar-refractivity contribution in [3.63, 3.8) is 0 Å². The van der Waals surface area contributed by atoms with Gasteiger partial charge in [-0.2, -0.15) is 0 Å². The predicted octanol–water partition coefficient (Wildman–Crippen LogP) is 14.5. The van der Waals surface area contributed by atoms with Gasteiger partial charge in [0.25, 0.3) is 0 Å². The van der Waals surface area contributed by atoms with Crippen LogP contribution in [0.15, 0.2) is 218 Å². The molecule has 0 spiro atoms. The van der Waals surface area contributed by atoms with Crippen LogP contribution < -0.4 is 0 Å². The predicted molar refractivity (Wildman–Crippen MR) is 237 cm³/mol. The van der Waals surface area contributed by atoms with E-state index in [4.69, 9.17) is 0 Å². The quantitative estimate of drug-likeness (QED) is 0.162. The zero-order chi connectivity index (χ0) is 37.0. The van der Waals surface area contributed by atoms with Gasteiger partial charge < -0.3 is 9.13 Å². The molecule has 0 unspecified atom stereocenters. The molecule has 0 aliphatic carbocycles. The van der Waals surface area contributed by atoms with Crippen molar-refractivity contribution in [2.45, 2.75) is 0 Å². The molecule has 0 saturated carbocycles. The Kier molecular flexibility index (Phi) is 7.53. The summed E-state index contributed by atoms with van der Waals surface area (Å²) in [5.41, 5.74) is 16.8. The summed E-state index contributed by atoms with van der Waals surface area (Å²) in [6.45, 7) is 0. The maximum Gasteiger partial charge on any atom is 0.0547 e.